The van der Waals surface area contributed by atoms with Gasteiger partial charge in [0.15, 0.2) is 0 Å². The molecular formula is C30H33ClN4O2. The number of hydrogen-bond donors (Lipinski definition) is 1. The summed E-state index contributed by atoms with van der Waals surface area (Å²) < 4.78 is 1.66. The average Bonchev–Trinajstić information content (AvgIpc) is 2.84. The summed E-state index contributed by atoms with van der Waals surface area (Å²) in [5.74, 6) is 0.903. The number of nitrogens with zero attached hydrogens (tertiary/aromatic N) is 3. The Labute approximate surface area is 222 Å². The van der Waals surface area contributed by atoms with Crippen molar-refractivity contribution < 1.29 is 4.79 Å². The van der Waals surface area contributed by atoms with Gasteiger partial charge in [0, 0.05) is 17.3 Å². The number of aromatic nitrogens is 2. The third kappa shape index (κ3) is 5.86. The molecule has 0 radical (unpaired) electrons. The van der Waals surface area contributed by atoms with Crippen LogP contribution in [0.4, 0.5) is 10.5 Å². The van der Waals surface area contributed by atoms with Crippen LogP contribution >= 0.6 is 11.6 Å². The van der Waals surface area contributed by atoms with Crippen LogP contribution in [0.15, 0.2) is 71.5 Å². The fourth-order valence-electron chi connectivity index (χ4n) is 4.49. The number of anilines is 1. The van der Waals surface area contributed by atoms with Crippen LogP contribution in [0.1, 0.15) is 50.2 Å². The minimum atomic E-state index is -0.490. The van der Waals surface area contributed by atoms with Gasteiger partial charge >= 0.3 is 6.03 Å². The SMILES string of the molecule is Cc1ccc(-n2c(C(C)N(CCC(C)C)C(=O)Nc3cccc(Cl)c3)nc3ccccc3c2=O)c(C)c1. The van der Waals surface area contributed by atoms with Crippen LogP contribution in [0, 0.1) is 19.8 Å². The van der Waals surface area contributed by atoms with Crippen molar-refractivity contribution in [3.05, 3.63) is 99.1 Å². The van der Waals surface area contributed by atoms with Crippen molar-refractivity contribution in [2.24, 2.45) is 5.92 Å². The molecule has 3 aromatic carbocycles. The number of halogens is 1. The Balaban J connectivity index is 1.86. The normalized spacial score (nSPS) is 12.1. The van der Waals surface area contributed by atoms with Crippen molar-refractivity contribution >= 4 is 34.2 Å². The molecule has 0 fully saturated rings. The number of urea groups is 1. The lowest BCUT2D eigenvalue weighted by atomic mass is 10.1. The molecule has 6 nitrogen and oxygen atoms in total. The highest BCUT2D eigenvalue weighted by molar-refractivity contribution is 6.30. The first kappa shape index (κ1) is 26.4. The Morgan fingerprint density at radius 1 is 1.03 bits per heavy atom. The molecule has 0 saturated carbocycles. The molecule has 1 aromatic heterocycles. The van der Waals surface area contributed by atoms with Crippen LogP contribution in [-0.2, 0) is 0 Å². The summed E-state index contributed by atoms with van der Waals surface area (Å²) in [6, 6.07) is 19.6. The van der Waals surface area contributed by atoms with E-state index in [1.54, 1.807) is 39.8 Å². The molecule has 4 aromatic rings. The minimum Gasteiger partial charge on any atom is -0.315 e. The highest BCUT2D eigenvalue weighted by atomic mass is 35.5. The van der Waals surface area contributed by atoms with Gasteiger partial charge in [-0.05, 0) is 75.1 Å². The minimum absolute atomic E-state index is 0.154. The highest BCUT2D eigenvalue weighted by Crippen LogP contribution is 2.26. The second kappa shape index (κ2) is 11.2. The molecule has 4 rings (SSSR count). The van der Waals surface area contributed by atoms with E-state index >= 15 is 0 Å². The van der Waals surface area contributed by atoms with Gasteiger partial charge in [-0.15, -0.1) is 0 Å². The highest BCUT2D eigenvalue weighted by Gasteiger charge is 2.27. The largest absolute Gasteiger partial charge is 0.322 e. The molecule has 1 atom stereocenters. The van der Waals surface area contributed by atoms with Crippen molar-refractivity contribution in [2.75, 3.05) is 11.9 Å². The van der Waals surface area contributed by atoms with Crippen LogP contribution in [-0.4, -0.2) is 27.0 Å². The Kier molecular flexibility index (Phi) is 7.98. The molecular weight excluding hydrogens is 484 g/mol. The van der Waals surface area contributed by atoms with Gasteiger partial charge in [-0.2, -0.15) is 0 Å². The van der Waals surface area contributed by atoms with Gasteiger partial charge in [-0.25, -0.2) is 9.78 Å². The first-order chi connectivity index (χ1) is 17.7. The maximum absolute atomic E-state index is 13.9. The zero-order valence-electron chi connectivity index (χ0n) is 22.0. The number of rotatable bonds is 7. The summed E-state index contributed by atoms with van der Waals surface area (Å²) in [5.41, 5.74) is 3.89. The van der Waals surface area contributed by atoms with Gasteiger partial charge < -0.3 is 10.2 Å². The lowest BCUT2D eigenvalue weighted by Crippen LogP contribution is -2.41. The lowest BCUT2D eigenvalue weighted by Gasteiger charge is -2.31. The third-order valence-electron chi connectivity index (χ3n) is 6.52. The first-order valence-electron chi connectivity index (χ1n) is 12.6. The van der Waals surface area contributed by atoms with Gasteiger partial charge in [0.2, 0.25) is 0 Å². The van der Waals surface area contributed by atoms with Crippen molar-refractivity contribution in [3.63, 3.8) is 0 Å². The number of aryl methyl sites for hydroxylation is 2. The van der Waals surface area contributed by atoms with E-state index in [9.17, 15) is 9.59 Å². The molecule has 0 aliphatic rings. The van der Waals surface area contributed by atoms with Gasteiger partial charge in [0.1, 0.15) is 5.82 Å². The number of benzene rings is 3. The Morgan fingerprint density at radius 2 is 1.78 bits per heavy atom. The standard InChI is InChI=1S/C30H33ClN4O2/c1-19(2)15-16-34(30(37)32-24-10-8-9-23(31)18-24)22(5)28-33-26-12-7-6-11-25(26)29(36)35(28)27-14-13-20(3)17-21(27)4/h6-14,17-19,22H,15-16H2,1-5H3,(H,32,37). The first-order valence-corrected chi connectivity index (χ1v) is 13.0. The van der Waals surface area contributed by atoms with Gasteiger partial charge in [0.25, 0.3) is 5.56 Å². The molecule has 0 aliphatic carbocycles. The van der Waals surface area contributed by atoms with Gasteiger partial charge in [-0.3, -0.25) is 9.36 Å². The Hall–Kier alpha value is -3.64. The second-order valence-corrected chi connectivity index (χ2v) is 10.3. The maximum Gasteiger partial charge on any atom is 0.322 e. The smallest absolute Gasteiger partial charge is 0.315 e. The molecule has 1 N–H and O–H groups in total. The van der Waals surface area contributed by atoms with E-state index < -0.39 is 6.04 Å². The monoisotopic (exact) mass is 516 g/mol. The number of para-hydroxylation sites is 1. The van der Waals surface area contributed by atoms with Crippen LogP contribution < -0.4 is 10.9 Å². The van der Waals surface area contributed by atoms with E-state index in [0.29, 0.717) is 39.9 Å². The van der Waals surface area contributed by atoms with Crippen molar-refractivity contribution in [3.8, 4) is 5.69 Å². The van der Waals surface area contributed by atoms with E-state index in [2.05, 4.69) is 19.2 Å². The molecule has 7 heteroatoms. The van der Waals surface area contributed by atoms with Crippen molar-refractivity contribution in [2.45, 2.75) is 47.1 Å². The maximum atomic E-state index is 13.9. The number of hydrogen-bond acceptors (Lipinski definition) is 3. The number of nitrogens with one attached hydrogen (secondary N) is 1. The summed E-state index contributed by atoms with van der Waals surface area (Å²) in [5, 5.41) is 4.05. The van der Waals surface area contributed by atoms with Gasteiger partial charge in [0.05, 0.1) is 22.6 Å². The number of carbonyl (C=O) groups is 1. The van der Waals surface area contributed by atoms with Crippen molar-refractivity contribution in [1.82, 2.24) is 14.5 Å². The molecule has 1 unspecified atom stereocenters. The molecule has 37 heavy (non-hydrogen) atoms. The van der Waals surface area contributed by atoms with Crippen LogP contribution in [0.2, 0.25) is 5.02 Å². The summed E-state index contributed by atoms with van der Waals surface area (Å²) in [7, 11) is 0. The molecule has 0 aliphatic heterocycles. The molecule has 2 amide bonds. The number of amides is 2. The molecule has 192 valence electrons. The fraction of sp³-hybridized carbons (Fsp3) is 0.300. The Morgan fingerprint density at radius 3 is 2.49 bits per heavy atom. The topological polar surface area (TPSA) is 67.2 Å². The van der Waals surface area contributed by atoms with E-state index in [4.69, 9.17) is 16.6 Å². The molecule has 0 bridgehead atoms. The van der Waals surface area contributed by atoms with Gasteiger partial charge in [-0.1, -0.05) is 61.3 Å². The summed E-state index contributed by atoms with van der Waals surface area (Å²) >= 11 is 6.14. The molecule has 0 spiro atoms. The van der Waals surface area contributed by atoms with Crippen LogP contribution in [0.25, 0.3) is 16.6 Å². The van der Waals surface area contributed by atoms with E-state index in [1.165, 1.54) is 0 Å². The number of carbonyl (C=O) groups excluding carboxylic acids is 1. The van der Waals surface area contributed by atoms with E-state index in [0.717, 1.165) is 23.2 Å². The predicted octanol–water partition coefficient (Wildman–Crippen LogP) is 7.30. The second-order valence-electron chi connectivity index (χ2n) is 9.91. The quantitative estimate of drug-likeness (QED) is 0.280. The lowest BCUT2D eigenvalue weighted by molar-refractivity contribution is 0.185. The zero-order chi connectivity index (χ0) is 26.7. The number of fused-ring (bicyclic) bond motifs is 1. The molecule has 1 heterocycles. The average molecular weight is 517 g/mol. The summed E-state index contributed by atoms with van der Waals surface area (Å²) in [6.07, 6.45) is 0.800. The third-order valence-corrected chi connectivity index (χ3v) is 6.76. The van der Waals surface area contributed by atoms with Crippen LogP contribution in [0.5, 0.6) is 0 Å². The summed E-state index contributed by atoms with van der Waals surface area (Å²) in [6.45, 7) is 10.7. The molecule has 0 saturated heterocycles. The van der Waals surface area contributed by atoms with Crippen molar-refractivity contribution in [1.29, 1.82) is 0 Å². The fourth-order valence-corrected chi connectivity index (χ4v) is 4.68. The van der Waals surface area contributed by atoms with E-state index in [-0.39, 0.29) is 11.6 Å². The van der Waals surface area contributed by atoms with Crippen LogP contribution in [0.3, 0.4) is 0 Å². The van der Waals surface area contributed by atoms with E-state index in [1.807, 2.05) is 57.2 Å². The zero-order valence-corrected chi connectivity index (χ0v) is 22.7. The Bertz CT molecular complexity index is 1490. The predicted molar refractivity (Wildman–Crippen MR) is 152 cm³/mol. The summed E-state index contributed by atoms with van der Waals surface area (Å²) in [4.78, 5) is 34.2.